The lowest BCUT2D eigenvalue weighted by molar-refractivity contribution is -0.125. The number of hydrogen-bond donors (Lipinski definition) is 1. The Morgan fingerprint density at radius 2 is 2.00 bits per heavy atom. The highest BCUT2D eigenvalue weighted by Crippen LogP contribution is 2.31. The molecule has 1 atom stereocenters. The van der Waals surface area contributed by atoms with Gasteiger partial charge in [0.25, 0.3) is 0 Å². The van der Waals surface area contributed by atoms with Crippen molar-refractivity contribution in [3.8, 4) is 0 Å². The zero-order valence-corrected chi connectivity index (χ0v) is 15.6. The maximum absolute atomic E-state index is 13.3. The van der Waals surface area contributed by atoms with E-state index in [1.807, 2.05) is 30.3 Å². The van der Waals surface area contributed by atoms with Crippen LogP contribution in [0.2, 0.25) is 5.02 Å². The standard InChI is InChI=1S/C20H20ClFN2O3/c1-20(18(25)23-15-8-9-17(22)16(21)12-15)10-5-11-24(20)19(26)27-13-14-6-3-2-4-7-14/h2-4,6-9,12H,5,10-11,13H2,1H3,(H,23,25). The highest BCUT2D eigenvalue weighted by molar-refractivity contribution is 6.31. The van der Waals surface area contributed by atoms with Gasteiger partial charge in [0.2, 0.25) is 5.91 Å². The molecule has 0 aliphatic carbocycles. The summed E-state index contributed by atoms with van der Waals surface area (Å²) in [6, 6.07) is 13.3. The molecule has 5 nitrogen and oxygen atoms in total. The Kier molecular flexibility index (Phi) is 5.65. The van der Waals surface area contributed by atoms with Gasteiger partial charge in [0.1, 0.15) is 18.0 Å². The van der Waals surface area contributed by atoms with Crippen LogP contribution in [-0.4, -0.2) is 29.0 Å². The van der Waals surface area contributed by atoms with Crippen LogP contribution >= 0.6 is 11.6 Å². The minimum Gasteiger partial charge on any atom is -0.445 e. The summed E-state index contributed by atoms with van der Waals surface area (Å²) in [7, 11) is 0. The molecule has 142 valence electrons. The van der Waals surface area contributed by atoms with Gasteiger partial charge in [0.15, 0.2) is 0 Å². The van der Waals surface area contributed by atoms with Crippen LogP contribution in [0.25, 0.3) is 0 Å². The Balaban J connectivity index is 1.67. The molecule has 1 unspecified atom stereocenters. The highest BCUT2D eigenvalue weighted by atomic mass is 35.5. The molecular formula is C20H20ClFN2O3. The first-order valence-electron chi connectivity index (χ1n) is 8.65. The number of halogens is 2. The topological polar surface area (TPSA) is 58.6 Å². The summed E-state index contributed by atoms with van der Waals surface area (Å²) < 4.78 is 18.7. The molecule has 1 saturated heterocycles. The molecule has 0 spiro atoms. The van der Waals surface area contributed by atoms with Gasteiger partial charge in [-0.15, -0.1) is 0 Å². The quantitative estimate of drug-likeness (QED) is 0.829. The van der Waals surface area contributed by atoms with Gasteiger partial charge < -0.3 is 10.1 Å². The van der Waals surface area contributed by atoms with Crippen LogP contribution in [0, 0.1) is 5.82 Å². The number of carbonyl (C=O) groups excluding carboxylic acids is 2. The first kappa shape index (κ1) is 19.2. The molecule has 2 amide bonds. The van der Waals surface area contributed by atoms with Crippen molar-refractivity contribution >= 4 is 29.3 Å². The fraction of sp³-hybridized carbons (Fsp3) is 0.300. The molecule has 1 aliphatic rings. The average molecular weight is 391 g/mol. The lowest BCUT2D eigenvalue weighted by Gasteiger charge is -2.33. The Morgan fingerprint density at radius 1 is 1.26 bits per heavy atom. The van der Waals surface area contributed by atoms with Crippen molar-refractivity contribution in [2.75, 3.05) is 11.9 Å². The molecule has 7 heteroatoms. The maximum Gasteiger partial charge on any atom is 0.410 e. The highest BCUT2D eigenvalue weighted by Gasteiger charge is 2.46. The van der Waals surface area contributed by atoms with Gasteiger partial charge in [-0.3, -0.25) is 9.69 Å². The van der Waals surface area contributed by atoms with Crippen LogP contribution in [0.4, 0.5) is 14.9 Å². The smallest absolute Gasteiger partial charge is 0.410 e. The number of benzene rings is 2. The van der Waals surface area contributed by atoms with E-state index in [-0.39, 0.29) is 17.5 Å². The molecule has 1 aliphatic heterocycles. The number of hydrogen-bond acceptors (Lipinski definition) is 3. The van der Waals surface area contributed by atoms with E-state index in [2.05, 4.69) is 5.32 Å². The summed E-state index contributed by atoms with van der Waals surface area (Å²) in [5, 5.41) is 2.63. The Morgan fingerprint density at radius 3 is 2.70 bits per heavy atom. The van der Waals surface area contributed by atoms with Crippen molar-refractivity contribution in [2.24, 2.45) is 0 Å². The summed E-state index contributed by atoms with van der Waals surface area (Å²) in [4.78, 5) is 26.8. The fourth-order valence-electron chi connectivity index (χ4n) is 3.13. The van der Waals surface area contributed by atoms with Gasteiger partial charge in [-0.25, -0.2) is 9.18 Å². The lowest BCUT2D eigenvalue weighted by atomic mass is 9.98. The van der Waals surface area contributed by atoms with E-state index in [4.69, 9.17) is 16.3 Å². The van der Waals surface area contributed by atoms with Gasteiger partial charge in [-0.05, 0) is 43.5 Å². The lowest BCUT2D eigenvalue weighted by Crippen LogP contribution is -2.53. The third kappa shape index (κ3) is 4.22. The van der Waals surface area contributed by atoms with Gasteiger partial charge in [0.05, 0.1) is 5.02 Å². The average Bonchev–Trinajstić information content (AvgIpc) is 3.07. The Bertz CT molecular complexity index is 846. The third-order valence-electron chi connectivity index (χ3n) is 4.73. The van der Waals surface area contributed by atoms with E-state index >= 15 is 0 Å². The number of ether oxygens (including phenoxy) is 1. The monoisotopic (exact) mass is 390 g/mol. The zero-order valence-electron chi connectivity index (χ0n) is 14.9. The number of amides is 2. The fourth-order valence-corrected chi connectivity index (χ4v) is 3.31. The minimum absolute atomic E-state index is 0.0801. The van der Waals surface area contributed by atoms with Gasteiger partial charge in [-0.2, -0.15) is 0 Å². The number of likely N-dealkylation sites (tertiary alicyclic amines) is 1. The van der Waals surface area contributed by atoms with Gasteiger partial charge in [0, 0.05) is 12.2 Å². The largest absolute Gasteiger partial charge is 0.445 e. The molecule has 0 radical (unpaired) electrons. The van der Waals surface area contributed by atoms with Crippen LogP contribution in [0.1, 0.15) is 25.3 Å². The van der Waals surface area contributed by atoms with Crippen molar-refractivity contribution < 1.29 is 18.7 Å². The van der Waals surface area contributed by atoms with E-state index in [1.54, 1.807) is 6.92 Å². The van der Waals surface area contributed by atoms with Gasteiger partial charge in [-0.1, -0.05) is 41.9 Å². The van der Waals surface area contributed by atoms with Crippen molar-refractivity contribution in [1.29, 1.82) is 0 Å². The van der Waals surface area contributed by atoms with E-state index in [0.29, 0.717) is 25.1 Å². The first-order chi connectivity index (χ1) is 12.9. The van der Waals surface area contributed by atoms with Crippen LogP contribution in [0.5, 0.6) is 0 Å². The van der Waals surface area contributed by atoms with Crippen molar-refractivity contribution in [1.82, 2.24) is 4.90 Å². The van der Waals surface area contributed by atoms with Crippen molar-refractivity contribution in [3.05, 3.63) is 64.9 Å². The van der Waals surface area contributed by atoms with E-state index in [9.17, 15) is 14.0 Å². The number of carbonyl (C=O) groups is 2. The summed E-state index contributed by atoms with van der Waals surface area (Å²) >= 11 is 5.76. The molecule has 1 fully saturated rings. The first-order valence-corrected chi connectivity index (χ1v) is 9.03. The molecule has 2 aromatic carbocycles. The Hall–Kier alpha value is -2.60. The van der Waals surface area contributed by atoms with Crippen LogP contribution in [-0.2, 0) is 16.1 Å². The predicted molar refractivity (Wildman–Crippen MR) is 101 cm³/mol. The number of anilines is 1. The van der Waals surface area contributed by atoms with Crippen LogP contribution in [0.3, 0.4) is 0 Å². The van der Waals surface area contributed by atoms with E-state index in [0.717, 1.165) is 5.56 Å². The molecule has 0 saturated carbocycles. The summed E-state index contributed by atoms with van der Waals surface area (Å²) in [6.07, 6.45) is 0.661. The number of rotatable bonds is 4. The zero-order chi connectivity index (χ0) is 19.4. The van der Waals surface area contributed by atoms with Crippen LogP contribution < -0.4 is 5.32 Å². The third-order valence-corrected chi connectivity index (χ3v) is 5.02. The normalized spacial score (nSPS) is 19.0. The molecule has 1 N–H and O–H groups in total. The molecule has 27 heavy (non-hydrogen) atoms. The number of nitrogens with one attached hydrogen (secondary N) is 1. The molecule has 3 rings (SSSR count). The summed E-state index contributed by atoms with van der Waals surface area (Å²) in [5.41, 5.74) is 0.198. The number of nitrogens with zero attached hydrogens (tertiary/aromatic N) is 1. The van der Waals surface area contributed by atoms with Crippen molar-refractivity contribution in [2.45, 2.75) is 31.9 Å². The molecule has 2 aromatic rings. The SMILES string of the molecule is CC1(C(=O)Nc2ccc(F)c(Cl)c2)CCCN1C(=O)OCc1ccccc1. The molecule has 0 bridgehead atoms. The predicted octanol–water partition coefficient (Wildman–Crippen LogP) is 4.61. The summed E-state index contributed by atoms with van der Waals surface area (Å²) in [6.45, 7) is 2.27. The maximum atomic E-state index is 13.3. The van der Waals surface area contributed by atoms with Crippen LogP contribution in [0.15, 0.2) is 48.5 Å². The second-order valence-corrected chi connectivity index (χ2v) is 7.06. The van der Waals surface area contributed by atoms with Crippen molar-refractivity contribution in [3.63, 3.8) is 0 Å². The minimum atomic E-state index is -1.05. The summed E-state index contributed by atoms with van der Waals surface area (Å²) in [5.74, 6) is -0.924. The second kappa shape index (κ2) is 7.96. The Labute approximate surface area is 162 Å². The van der Waals surface area contributed by atoms with E-state index < -0.39 is 17.4 Å². The van der Waals surface area contributed by atoms with Gasteiger partial charge >= 0.3 is 6.09 Å². The molecule has 0 aromatic heterocycles. The second-order valence-electron chi connectivity index (χ2n) is 6.65. The van der Waals surface area contributed by atoms with E-state index in [1.165, 1.54) is 23.1 Å². The molecule has 1 heterocycles. The molecular weight excluding hydrogens is 371 g/mol.